The third-order valence-corrected chi connectivity index (χ3v) is 5.07. The SMILES string of the molecule is C=CCN(c1ccccc1)C(C(=O)NC1CCCC1)c1ccc(C)cc1. The van der Waals surface area contributed by atoms with E-state index < -0.39 is 0 Å². The van der Waals surface area contributed by atoms with Gasteiger partial charge in [-0.25, -0.2) is 0 Å². The molecule has 3 nitrogen and oxygen atoms in total. The van der Waals surface area contributed by atoms with Gasteiger partial charge in [-0.15, -0.1) is 6.58 Å². The van der Waals surface area contributed by atoms with Gasteiger partial charge in [0.05, 0.1) is 0 Å². The second-order valence-electron chi connectivity index (χ2n) is 7.08. The molecule has 0 bridgehead atoms. The molecule has 1 N–H and O–H groups in total. The maximum absolute atomic E-state index is 13.3. The number of hydrogen-bond acceptors (Lipinski definition) is 2. The molecule has 1 aliphatic rings. The van der Waals surface area contributed by atoms with Crippen LogP contribution < -0.4 is 10.2 Å². The van der Waals surface area contributed by atoms with Crippen molar-refractivity contribution in [3.8, 4) is 0 Å². The minimum absolute atomic E-state index is 0.0754. The van der Waals surface area contributed by atoms with Crippen LogP contribution in [-0.2, 0) is 4.79 Å². The van der Waals surface area contributed by atoms with Crippen LogP contribution in [0.2, 0.25) is 0 Å². The highest BCUT2D eigenvalue weighted by Crippen LogP contribution is 2.29. The van der Waals surface area contributed by atoms with Gasteiger partial charge in [-0.2, -0.15) is 0 Å². The molecule has 1 saturated carbocycles. The van der Waals surface area contributed by atoms with E-state index in [4.69, 9.17) is 0 Å². The van der Waals surface area contributed by atoms with E-state index in [-0.39, 0.29) is 11.9 Å². The van der Waals surface area contributed by atoms with Gasteiger partial charge in [0.2, 0.25) is 5.91 Å². The highest BCUT2D eigenvalue weighted by Gasteiger charge is 2.29. The predicted molar refractivity (Wildman–Crippen MR) is 108 cm³/mol. The van der Waals surface area contributed by atoms with Crippen molar-refractivity contribution in [3.05, 3.63) is 78.4 Å². The first-order chi connectivity index (χ1) is 12.7. The fourth-order valence-corrected chi connectivity index (χ4v) is 3.69. The minimum atomic E-state index is -0.364. The normalized spacial score (nSPS) is 15.4. The molecule has 3 heteroatoms. The Morgan fingerprint density at radius 3 is 2.42 bits per heavy atom. The van der Waals surface area contributed by atoms with Crippen LogP contribution in [0.3, 0.4) is 0 Å². The Kier molecular flexibility index (Phi) is 6.11. The third-order valence-electron chi connectivity index (χ3n) is 5.07. The Labute approximate surface area is 156 Å². The smallest absolute Gasteiger partial charge is 0.247 e. The van der Waals surface area contributed by atoms with Crippen LogP contribution in [0.1, 0.15) is 42.9 Å². The number of benzene rings is 2. The van der Waals surface area contributed by atoms with Gasteiger partial charge in [-0.1, -0.05) is 66.9 Å². The Morgan fingerprint density at radius 1 is 1.15 bits per heavy atom. The van der Waals surface area contributed by atoms with E-state index in [1.54, 1.807) is 0 Å². The summed E-state index contributed by atoms with van der Waals surface area (Å²) in [5, 5.41) is 3.29. The van der Waals surface area contributed by atoms with Gasteiger partial charge in [0.1, 0.15) is 6.04 Å². The van der Waals surface area contributed by atoms with Crippen LogP contribution in [0.4, 0.5) is 5.69 Å². The fourth-order valence-electron chi connectivity index (χ4n) is 3.69. The maximum atomic E-state index is 13.3. The second kappa shape index (κ2) is 8.70. The molecule has 0 aromatic heterocycles. The number of carbonyl (C=O) groups is 1. The number of hydrogen-bond donors (Lipinski definition) is 1. The van der Waals surface area contributed by atoms with Crippen LogP contribution in [0.15, 0.2) is 67.3 Å². The summed E-state index contributed by atoms with van der Waals surface area (Å²) in [6, 6.07) is 18.3. The van der Waals surface area contributed by atoms with Crippen LogP contribution >= 0.6 is 0 Å². The van der Waals surface area contributed by atoms with E-state index >= 15 is 0 Å². The first-order valence-corrected chi connectivity index (χ1v) is 9.48. The van der Waals surface area contributed by atoms with Gasteiger partial charge >= 0.3 is 0 Å². The van der Waals surface area contributed by atoms with Gasteiger partial charge in [-0.05, 0) is 37.5 Å². The molecule has 0 aliphatic heterocycles. The largest absolute Gasteiger partial charge is 0.352 e. The Morgan fingerprint density at radius 2 is 1.81 bits per heavy atom. The Hall–Kier alpha value is -2.55. The van der Waals surface area contributed by atoms with E-state index in [9.17, 15) is 4.79 Å². The predicted octanol–water partition coefficient (Wildman–Crippen LogP) is 4.79. The number of nitrogens with zero attached hydrogens (tertiary/aromatic N) is 1. The van der Waals surface area contributed by atoms with E-state index in [0.717, 1.165) is 24.1 Å². The van der Waals surface area contributed by atoms with Crippen LogP contribution in [0.5, 0.6) is 0 Å². The molecule has 0 radical (unpaired) electrons. The second-order valence-corrected chi connectivity index (χ2v) is 7.08. The van der Waals surface area contributed by atoms with Crippen LogP contribution in [0.25, 0.3) is 0 Å². The lowest BCUT2D eigenvalue weighted by Gasteiger charge is -2.33. The number of carbonyl (C=O) groups excluding carboxylic acids is 1. The van der Waals surface area contributed by atoms with Crippen molar-refractivity contribution in [2.45, 2.75) is 44.7 Å². The van der Waals surface area contributed by atoms with Gasteiger partial charge in [-0.3, -0.25) is 4.79 Å². The van der Waals surface area contributed by atoms with E-state index in [0.29, 0.717) is 12.6 Å². The minimum Gasteiger partial charge on any atom is -0.352 e. The third kappa shape index (κ3) is 4.34. The van der Waals surface area contributed by atoms with Crippen molar-refractivity contribution in [1.82, 2.24) is 5.32 Å². The van der Waals surface area contributed by atoms with Gasteiger partial charge in [0, 0.05) is 18.3 Å². The standard InChI is InChI=1S/C23H28N2O/c1-3-17-25(21-11-5-4-6-12-21)22(19-15-13-18(2)14-16-19)23(26)24-20-9-7-8-10-20/h3-6,11-16,20,22H,1,7-10,17H2,2H3,(H,24,26). The lowest BCUT2D eigenvalue weighted by Crippen LogP contribution is -2.44. The van der Waals surface area contributed by atoms with Gasteiger partial charge in [0.25, 0.3) is 0 Å². The monoisotopic (exact) mass is 348 g/mol. The molecule has 1 atom stereocenters. The number of anilines is 1. The van der Waals surface area contributed by atoms with E-state index in [2.05, 4.69) is 48.0 Å². The lowest BCUT2D eigenvalue weighted by atomic mass is 10.0. The highest BCUT2D eigenvalue weighted by molar-refractivity contribution is 5.87. The topological polar surface area (TPSA) is 32.3 Å². The molecule has 1 aliphatic carbocycles. The van der Waals surface area contributed by atoms with Crippen molar-refractivity contribution < 1.29 is 4.79 Å². The molecular formula is C23H28N2O. The van der Waals surface area contributed by atoms with Crippen molar-refractivity contribution in [2.75, 3.05) is 11.4 Å². The summed E-state index contributed by atoms with van der Waals surface area (Å²) in [6.07, 6.45) is 6.43. The Balaban J connectivity index is 1.95. The highest BCUT2D eigenvalue weighted by atomic mass is 16.2. The summed E-state index contributed by atoms with van der Waals surface area (Å²) in [7, 11) is 0. The summed E-state index contributed by atoms with van der Waals surface area (Å²) in [4.78, 5) is 15.4. The summed E-state index contributed by atoms with van der Waals surface area (Å²) in [5.74, 6) is 0.0754. The van der Waals surface area contributed by atoms with E-state index in [1.807, 2.05) is 36.4 Å². The fraction of sp³-hybridized carbons (Fsp3) is 0.348. The summed E-state index contributed by atoms with van der Waals surface area (Å²) < 4.78 is 0. The zero-order valence-electron chi connectivity index (χ0n) is 15.5. The van der Waals surface area contributed by atoms with E-state index in [1.165, 1.54) is 18.4 Å². The summed E-state index contributed by atoms with van der Waals surface area (Å²) in [5.41, 5.74) is 3.23. The Bertz CT molecular complexity index is 718. The van der Waals surface area contributed by atoms with Gasteiger partial charge < -0.3 is 10.2 Å². The molecular weight excluding hydrogens is 320 g/mol. The van der Waals surface area contributed by atoms with Crippen LogP contribution in [-0.4, -0.2) is 18.5 Å². The number of aryl methyl sites for hydroxylation is 1. The molecule has 1 amide bonds. The molecule has 0 heterocycles. The molecule has 0 saturated heterocycles. The molecule has 0 spiro atoms. The molecule has 2 aromatic carbocycles. The molecule has 1 fully saturated rings. The van der Waals surface area contributed by atoms with Crippen molar-refractivity contribution >= 4 is 11.6 Å². The number of rotatable bonds is 7. The summed E-state index contributed by atoms with van der Waals surface area (Å²) in [6.45, 7) is 6.58. The van der Waals surface area contributed by atoms with Crippen LogP contribution in [0, 0.1) is 6.92 Å². The van der Waals surface area contributed by atoms with Crippen molar-refractivity contribution in [1.29, 1.82) is 0 Å². The van der Waals surface area contributed by atoms with Crippen molar-refractivity contribution in [2.24, 2.45) is 0 Å². The number of nitrogens with one attached hydrogen (secondary N) is 1. The molecule has 1 unspecified atom stereocenters. The van der Waals surface area contributed by atoms with Crippen molar-refractivity contribution in [3.63, 3.8) is 0 Å². The number of amides is 1. The zero-order chi connectivity index (χ0) is 18.4. The molecule has 26 heavy (non-hydrogen) atoms. The maximum Gasteiger partial charge on any atom is 0.247 e. The molecule has 136 valence electrons. The average molecular weight is 348 g/mol. The lowest BCUT2D eigenvalue weighted by molar-refractivity contribution is -0.123. The first-order valence-electron chi connectivity index (χ1n) is 9.48. The number of para-hydroxylation sites is 1. The average Bonchev–Trinajstić information content (AvgIpc) is 3.16. The first kappa shape index (κ1) is 18.2. The van der Waals surface area contributed by atoms with Gasteiger partial charge in [0.15, 0.2) is 0 Å². The molecule has 2 aromatic rings. The molecule has 3 rings (SSSR count). The zero-order valence-corrected chi connectivity index (χ0v) is 15.5. The quantitative estimate of drug-likeness (QED) is 0.730. The summed E-state index contributed by atoms with van der Waals surface area (Å²) >= 11 is 0.